The number of hydrogen-bond acceptors (Lipinski definition) is 3. The zero-order valence-corrected chi connectivity index (χ0v) is 23.4. The van der Waals surface area contributed by atoms with Gasteiger partial charge >= 0.3 is 0 Å². The fourth-order valence-electron chi connectivity index (χ4n) is 4.05. The second kappa shape index (κ2) is 15.0. The van der Waals surface area contributed by atoms with E-state index in [2.05, 4.69) is 113 Å². The van der Waals surface area contributed by atoms with E-state index in [0.717, 1.165) is 37.1 Å². The minimum absolute atomic E-state index is 0.465. The van der Waals surface area contributed by atoms with Crippen LogP contribution in [0, 0.1) is 18.8 Å². The largest absolute Gasteiger partial charge is 0.381 e. The van der Waals surface area contributed by atoms with E-state index in [0.29, 0.717) is 11.8 Å². The normalized spacial score (nSPS) is 13.5. The average Bonchev–Trinajstić information content (AvgIpc) is 3.14. The number of nitrogens with zero attached hydrogens (tertiary/aromatic N) is 2. The average molecular weight is 484 g/mol. The summed E-state index contributed by atoms with van der Waals surface area (Å²) in [4.78, 5) is 8.39. The van der Waals surface area contributed by atoms with E-state index in [9.17, 15) is 0 Å². The van der Waals surface area contributed by atoms with Gasteiger partial charge in [-0.15, -0.1) is 0 Å². The van der Waals surface area contributed by atoms with Crippen molar-refractivity contribution in [2.24, 2.45) is 16.8 Å². The SMILES string of the molecule is C=C(NCc1cccnc1)/C(=C(/C)C(C)C)c1ccc(CC(C)C)cc1C.CCC1=NC=CCC=C1. The lowest BCUT2D eigenvalue weighted by Crippen LogP contribution is -2.15. The van der Waals surface area contributed by atoms with Crippen molar-refractivity contribution in [1.29, 1.82) is 0 Å². The van der Waals surface area contributed by atoms with Crippen LogP contribution in [-0.4, -0.2) is 10.7 Å². The molecular formula is C33H45N3. The Kier molecular flexibility index (Phi) is 12.1. The van der Waals surface area contributed by atoms with Crippen molar-refractivity contribution in [1.82, 2.24) is 10.3 Å². The van der Waals surface area contributed by atoms with Gasteiger partial charge in [-0.25, -0.2) is 0 Å². The molecule has 0 aliphatic carbocycles. The summed E-state index contributed by atoms with van der Waals surface area (Å²) in [5.74, 6) is 1.13. The molecule has 3 nitrogen and oxygen atoms in total. The van der Waals surface area contributed by atoms with Gasteiger partial charge in [0.2, 0.25) is 0 Å². The van der Waals surface area contributed by atoms with Gasteiger partial charge in [0.15, 0.2) is 0 Å². The van der Waals surface area contributed by atoms with Crippen LogP contribution in [0.1, 0.15) is 76.6 Å². The Morgan fingerprint density at radius 1 is 1.08 bits per heavy atom. The van der Waals surface area contributed by atoms with Crippen LogP contribution in [0.5, 0.6) is 0 Å². The molecule has 2 aromatic rings. The molecule has 0 unspecified atom stereocenters. The Hall–Kier alpha value is -3.20. The van der Waals surface area contributed by atoms with Gasteiger partial charge in [0.25, 0.3) is 0 Å². The maximum Gasteiger partial charge on any atom is 0.0416 e. The Balaban J connectivity index is 0.000000425. The van der Waals surface area contributed by atoms with Crippen molar-refractivity contribution >= 4 is 11.3 Å². The lowest BCUT2D eigenvalue weighted by molar-refractivity contribution is 0.647. The Morgan fingerprint density at radius 2 is 1.86 bits per heavy atom. The smallest absolute Gasteiger partial charge is 0.0416 e. The quantitative estimate of drug-likeness (QED) is 0.362. The van der Waals surface area contributed by atoms with E-state index in [4.69, 9.17) is 0 Å². The van der Waals surface area contributed by atoms with E-state index in [1.54, 1.807) is 6.20 Å². The Bertz CT molecular complexity index is 1100. The molecule has 0 bridgehead atoms. The molecule has 1 aromatic carbocycles. The van der Waals surface area contributed by atoms with Crippen molar-refractivity contribution in [2.45, 2.75) is 74.3 Å². The summed E-state index contributed by atoms with van der Waals surface area (Å²) in [5, 5.41) is 3.51. The highest BCUT2D eigenvalue weighted by Gasteiger charge is 2.15. The zero-order chi connectivity index (χ0) is 26.5. The number of aliphatic imine (C=N–C) groups is 1. The summed E-state index contributed by atoms with van der Waals surface area (Å²) >= 11 is 0. The molecule has 192 valence electrons. The van der Waals surface area contributed by atoms with Crippen LogP contribution in [0.3, 0.4) is 0 Å². The van der Waals surface area contributed by atoms with Gasteiger partial charge < -0.3 is 5.32 Å². The molecular weight excluding hydrogens is 438 g/mol. The molecule has 0 saturated carbocycles. The van der Waals surface area contributed by atoms with E-state index < -0.39 is 0 Å². The van der Waals surface area contributed by atoms with Crippen LogP contribution >= 0.6 is 0 Å². The predicted molar refractivity (Wildman–Crippen MR) is 158 cm³/mol. The zero-order valence-electron chi connectivity index (χ0n) is 23.4. The van der Waals surface area contributed by atoms with Gasteiger partial charge in [-0.3, -0.25) is 9.98 Å². The molecule has 0 radical (unpaired) electrons. The summed E-state index contributed by atoms with van der Waals surface area (Å²) < 4.78 is 0. The third-order valence-corrected chi connectivity index (χ3v) is 6.29. The number of pyridine rings is 1. The summed E-state index contributed by atoms with van der Waals surface area (Å²) in [7, 11) is 0. The number of allylic oxidation sites excluding steroid dienone is 5. The minimum Gasteiger partial charge on any atom is -0.381 e. The van der Waals surface area contributed by atoms with Crippen LogP contribution in [0.15, 0.2) is 90.0 Å². The summed E-state index contributed by atoms with van der Waals surface area (Å²) in [6, 6.07) is 10.9. The van der Waals surface area contributed by atoms with Crippen LogP contribution in [0.25, 0.3) is 5.57 Å². The molecule has 0 fully saturated rings. The van der Waals surface area contributed by atoms with Crippen molar-refractivity contribution < 1.29 is 0 Å². The van der Waals surface area contributed by atoms with Gasteiger partial charge in [-0.2, -0.15) is 0 Å². The topological polar surface area (TPSA) is 37.3 Å². The molecule has 2 heterocycles. The number of rotatable bonds is 9. The standard InChI is InChI=1S/C25H34N2.C8H11N/c1-17(2)13-22-10-11-24(19(5)14-22)25(20(6)18(3)4)21(7)27-16-23-9-8-12-26-15-23;1-2-8-6-4-3-5-7-9-8/h8-12,14-15,17-18,27H,7,13,16H2,1-6H3;4-7H,2-3H2,1H3/b25-20+;. The molecule has 36 heavy (non-hydrogen) atoms. The van der Waals surface area contributed by atoms with Crippen molar-refractivity contribution in [3.63, 3.8) is 0 Å². The fraction of sp³-hybridized carbons (Fsp3) is 0.394. The van der Waals surface area contributed by atoms with E-state index >= 15 is 0 Å². The maximum atomic E-state index is 4.37. The third-order valence-electron chi connectivity index (χ3n) is 6.29. The monoisotopic (exact) mass is 483 g/mol. The molecule has 1 aromatic heterocycles. The first-order valence-corrected chi connectivity index (χ1v) is 13.2. The molecule has 3 rings (SSSR count). The highest BCUT2D eigenvalue weighted by atomic mass is 14.9. The third kappa shape index (κ3) is 9.45. The first-order chi connectivity index (χ1) is 17.2. The van der Waals surface area contributed by atoms with Gasteiger partial charge in [0.05, 0.1) is 0 Å². The number of aryl methyl sites for hydroxylation is 1. The van der Waals surface area contributed by atoms with E-state index in [1.807, 2.05) is 18.5 Å². The Morgan fingerprint density at radius 3 is 2.47 bits per heavy atom. The summed E-state index contributed by atoms with van der Waals surface area (Å²) in [5.41, 5.74) is 9.89. The highest BCUT2D eigenvalue weighted by Crippen LogP contribution is 2.31. The van der Waals surface area contributed by atoms with Crippen molar-refractivity contribution in [3.05, 3.63) is 107 Å². The molecule has 0 amide bonds. The van der Waals surface area contributed by atoms with Crippen LogP contribution in [-0.2, 0) is 13.0 Å². The van der Waals surface area contributed by atoms with E-state index in [1.165, 1.54) is 33.5 Å². The van der Waals surface area contributed by atoms with Crippen LogP contribution in [0.2, 0.25) is 0 Å². The van der Waals surface area contributed by atoms with Gasteiger partial charge in [-0.1, -0.05) is 83.2 Å². The first kappa shape index (κ1) is 29.0. The summed E-state index contributed by atoms with van der Waals surface area (Å²) in [6.45, 7) is 20.7. The molecule has 0 saturated heterocycles. The molecule has 1 aliphatic heterocycles. The molecule has 1 N–H and O–H groups in total. The maximum absolute atomic E-state index is 4.37. The lowest BCUT2D eigenvalue weighted by Gasteiger charge is -2.21. The minimum atomic E-state index is 0.465. The van der Waals surface area contributed by atoms with Gasteiger partial charge in [-0.05, 0) is 79.3 Å². The number of aromatic nitrogens is 1. The van der Waals surface area contributed by atoms with Crippen molar-refractivity contribution in [2.75, 3.05) is 0 Å². The number of hydrogen-bond donors (Lipinski definition) is 1. The predicted octanol–water partition coefficient (Wildman–Crippen LogP) is 8.63. The number of nitrogens with one attached hydrogen (secondary N) is 1. The second-order valence-corrected chi connectivity index (χ2v) is 10.2. The number of benzene rings is 1. The van der Waals surface area contributed by atoms with E-state index in [-0.39, 0.29) is 0 Å². The van der Waals surface area contributed by atoms with Crippen LogP contribution in [0.4, 0.5) is 0 Å². The second-order valence-electron chi connectivity index (χ2n) is 10.2. The first-order valence-electron chi connectivity index (χ1n) is 13.2. The summed E-state index contributed by atoms with van der Waals surface area (Å²) in [6.07, 6.45) is 15.0. The fourth-order valence-corrected chi connectivity index (χ4v) is 4.05. The highest BCUT2D eigenvalue weighted by molar-refractivity contribution is 5.95. The van der Waals surface area contributed by atoms with Crippen LogP contribution < -0.4 is 5.32 Å². The lowest BCUT2D eigenvalue weighted by atomic mass is 9.88. The molecule has 0 spiro atoms. The molecule has 0 atom stereocenters. The molecule has 3 heteroatoms. The van der Waals surface area contributed by atoms with Gasteiger partial charge in [0.1, 0.15) is 0 Å². The van der Waals surface area contributed by atoms with Crippen molar-refractivity contribution in [3.8, 4) is 0 Å². The van der Waals surface area contributed by atoms with Gasteiger partial charge in [0, 0.05) is 42.1 Å². The Labute approximate surface area is 219 Å². The molecule has 1 aliphatic rings.